The summed E-state index contributed by atoms with van der Waals surface area (Å²) in [6.45, 7) is 5.44. The fourth-order valence-electron chi connectivity index (χ4n) is 1.42. The standard InChI is InChI=1S/C10H21NO3/c12-6-2-1-3-7-14-10-11-4-8-13-9-5-11/h12H,1-10H2. The molecule has 14 heavy (non-hydrogen) atoms. The third-order valence-corrected chi connectivity index (χ3v) is 2.32. The zero-order valence-electron chi connectivity index (χ0n) is 8.78. The molecule has 4 heteroatoms. The Morgan fingerprint density at radius 3 is 2.64 bits per heavy atom. The second kappa shape index (κ2) is 8.17. The van der Waals surface area contributed by atoms with Gasteiger partial charge in [-0.15, -0.1) is 0 Å². The van der Waals surface area contributed by atoms with E-state index < -0.39 is 0 Å². The monoisotopic (exact) mass is 203 g/mol. The van der Waals surface area contributed by atoms with E-state index in [1.165, 1.54) is 0 Å². The summed E-state index contributed by atoms with van der Waals surface area (Å²) in [6, 6.07) is 0. The molecule has 0 atom stereocenters. The Morgan fingerprint density at radius 1 is 1.14 bits per heavy atom. The molecular weight excluding hydrogens is 182 g/mol. The van der Waals surface area contributed by atoms with E-state index >= 15 is 0 Å². The fraction of sp³-hybridized carbons (Fsp3) is 1.00. The smallest absolute Gasteiger partial charge is 0.0991 e. The highest BCUT2D eigenvalue weighted by molar-refractivity contribution is 4.57. The van der Waals surface area contributed by atoms with Crippen LogP contribution in [0.5, 0.6) is 0 Å². The van der Waals surface area contributed by atoms with Gasteiger partial charge in [-0.1, -0.05) is 0 Å². The van der Waals surface area contributed by atoms with Crippen LogP contribution in [-0.2, 0) is 9.47 Å². The number of hydrogen-bond acceptors (Lipinski definition) is 4. The summed E-state index contributed by atoms with van der Waals surface area (Å²) in [7, 11) is 0. The second-order valence-electron chi connectivity index (χ2n) is 3.55. The summed E-state index contributed by atoms with van der Waals surface area (Å²) in [6.07, 6.45) is 2.99. The van der Waals surface area contributed by atoms with Crippen LogP contribution in [-0.4, -0.2) is 56.3 Å². The van der Waals surface area contributed by atoms with Crippen molar-refractivity contribution in [2.45, 2.75) is 19.3 Å². The highest BCUT2D eigenvalue weighted by Crippen LogP contribution is 1.98. The third-order valence-electron chi connectivity index (χ3n) is 2.32. The molecule has 1 N–H and O–H groups in total. The van der Waals surface area contributed by atoms with Gasteiger partial charge in [0.05, 0.1) is 19.9 Å². The van der Waals surface area contributed by atoms with Gasteiger partial charge in [-0.3, -0.25) is 4.90 Å². The van der Waals surface area contributed by atoms with E-state index in [1.807, 2.05) is 0 Å². The maximum Gasteiger partial charge on any atom is 0.0991 e. The minimum atomic E-state index is 0.295. The Hall–Kier alpha value is -0.160. The molecule has 1 aliphatic rings. The molecule has 0 aromatic carbocycles. The summed E-state index contributed by atoms with van der Waals surface area (Å²) in [5.41, 5.74) is 0. The Balaban J connectivity index is 1.82. The van der Waals surface area contributed by atoms with Gasteiger partial charge in [-0.25, -0.2) is 0 Å². The number of unbranched alkanes of at least 4 members (excludes halogenated alkanes) is 2. The molecule has 0 spiro atoms. The zero-order chi connectivity index (χ0) is 10.1. The van der Waals surface area contributed by atoms with Crippen LogP contribution in [0.25, 0.3) is 0 Å². The summed E-state index contributed by atoms with van der Waals surface area (Å²) in [5.74, 6) is 0. The van der Waals surface area contributed by atoms with Crippen molar-refractivity contribution in [2.24, 2.45) is 0 Å². The van der Waals surface area contributed by atoms with Crippen molar-refractivity contribution in [1.82, 2.24) is 4.90 Å². The predicted octanol–water partition coefficient (Wildman–Crippen LogP) is 0.455. The van der Waals surface area contributed by atoms with Crippen LogP contribution >= 0.6 is 0 Å². The van der Waals surface area contributed by atoms with Crippen LogP contribution in [0.3, 0.4) is 0 Å². The van der Waals surface area contributed by atoms with Gasteiger partial charge in [-0.2, -0.15) is 0 Å². The number of morpholine rings is 1. The minimum Gasteiger partial charge on any atom is -0.396 e. The first kappa shape index (κ1) is 11.9. The van der Waals surface area contributed by atoms with Crippen LogP contribution < -0.4 is 0 Å². The Kier molecular flexibility index (Phi) is 6.95. The molecule has 1 saturated heterocycles. The molecule has 0 saturated carbocycles. The van der Waals surface area contributed by atoms with Crippen LogP contribution in [0.15, 0.2) is 0 Å². The lowest BCUT2D eigenvalue weighted by molar-refractivity contribution is -0.0334. The van der Waals surface area contributed by atoms with E-state index in [0.29, 0.717) is 6.61 Å². The molecule has 0 unspecified atom stereocenters. The summed E-state index contributed by atoms with van der Waals surface area (Å²) in [4.78, 5) is 2.26. The van der Waals surface area contributed by atoms with E-state index in [2.05, 4.69) is 4.90 Å². The quantitative estimate of drug-likeness (QED) is 0.610. The molecule has 1 rings (SSSR count). The van der Waals surface area contributed by atoms with Gasteiger partial charge in [0, 0.05) is 26.3 Å². The molecule has 1 heterocycles. The van der Waals surface area contributed by atoms with Crippen molar-refractivity contribution in [3.63, 3.8) is 0 Å². The number of aliphatic hydroxyl groups is 1. The van der Waals surface area contributed by atoms with Gasteiger partial charge in [0.2, 0.25) is 0 Å². The highest BCUT2D eigenvalue weighted by Gasteiger charge is 2.08. The number of rotatable bonds is 7. The third kappa shape index (κ3) is 5.54. The number of hydrogen-bond donors (Lipinski definition) is 1. The zero-order valence-corrected chi connectivity index (χ0v) is 8.78. The lowest BCUT2D eigenvalue weighted by atomic mass is 10.2. The van der Waals surface area contributed by atoms with Gasteiger partial charge in [0.1, 0.15) is 0 Å². The normalized spacial score (nSPS) is 18.6. The van der Waals surface area contributed by atoms with Crippen LogP contribution in [0.1, 0.15) is 19.3 Å². The molecule has 0 amide bonds. The summed E-state index contributed by atoms with van der Waals surface area (Å²) < 4.78 is 10.7. The molecule has 4 nitrogen and oxygen atoms in total. The van der Waals surface area contributed by atoms with Crippen LogP contribution in [0.2, 0.25) is 0 Å². The first-order valence-corrected chi connectivity index (χ1v) is 5.42. The molecule has 0 radical (unpaired) electrons. The number of nitrogens with zero attached hydrogens (tertiary/aromatic N) is 1. The van der Waals surface area contributed by atoms with Gasteiger partial charge in [0.15, 0.2) is 0 Å². The molecule has 1 aliphatic heterocycles. The minimum absolute atomic E-state index is 0.295. The molecule has 0 aliphatic carbocycles. The van der Waals surface area contributed by atoms with Crippen molar-refractivity contribution < 1.29 is 14.6 Å². The van der Waals surface area contributed by atoms with Crippen molar-refractivity contribution in [1.29, 1.82) is 0 Å². The summed E-state index contributed by atoms with van der Waals surface area (Å²) in [5, 5.41) is 8.56. The second-order valence-corrected chi connectivity index (χ2v) is 3.55. The van der Waals surface area contributed by atoms with E-state index in [9.17, 15) is 0 Å². The van der Waals surface area contributed by atoms with Crippen molar-refractivity contribution in [3.8, 4) is 0 Å². The molecule has 1 fully saturated rings. The maximum atomic E-state index is 8.56. The van der Waals surface area contributed by atoms with Gasteiger partial charge >= 0.3 is 0 Å². The first-order chi connectivity index (χ1) is 6.93. The van der Waals surface area contributed by atoms with E-state index in [0.717, 1.165) is 58.9 Å². The Bertz CT molecular complexity index is 127. The Labute approximate surface area is 85.8 Å². The van der Waals surface area contributed by atoms with Crippen molar-refractivity contribution in [2.75, 3.05) is 46.2 Å². The van der Waals surface area contributed by atoms with E-state index in [4.69, 9.17) is 14.6 Å². The summed E-state index contributed by atoms with van der Waals surface area (Å²) >= 11 is 0. The Morgan fingerprint density at radius 2 is 1.93 bits per heavy atom. The molecule has 0 aromatic heterocycles. The van der Waals surface area contributed by atoms with Gasteiger partial charge in [0.25, 0.3) is 0 Å². The van der Waals surface area contributed by atoms with E-state index in [-0.39, 0.29) is 0 Å². The highest BCUT2D eigenvalue weighted by atomic mass is 16.5. The van der Waals surface area contributed by atoms with Crippen molar-refractivity contribution in [3.05, 3.63) is 0 Å². The number of ether oxygens (including phenoxy) is 2. The fourth-order valence-corrected chi connectivity index (χ4v) is 1.42. The SMILES string of the molecule is OCCCCCOCN1CCOCC1. The first-order valence-electron chi connectivity index (χ1n) is 5.42. The molecule has 0 bridgehead atoms. The average Bonchev–Trinajstić information content (AvgIpc) is 2.25. The van der Waals surface area contributed by atoms with Gasteiger partial charge in [-0.05, 0) is 19.3 Å². The number of aliphatic hydroxyl groups excluding tert-OH is 1. The maximum absolute atomic E-state index is 8.56. The predicted molar refractivity (Wildman–Crippen MR) is 54.1 cm³/mol. The molecule has 0 aromatic rings. The van der Waals surface area contributed by atoms with Crippen molar-refractivity contribution >= 4 is 0 Å². The topological polar surface area (TPSA) is 41.9 Å². The van der Waals surface area contributed by atoms with Crippen LogP contribution in [0.4, 0.5) is 0 Å². The molecular formula is C10H21NO3. The largest absolute Gasteiger partial charge is 0.396 e. The van der Waals surface area contributed by atoms with Gasteiger partial charge < -0.3 is 14.6 Å². The van der Waals surface area contributed by atoms with E-state index in [1.54, 1.807) is 0 Å². The molecule has 84 valence electrons. The lowest BCUT2D eigenvalue weighted by Crippen LogP contribution is -2.37. The average molecular weight is 203 g/mol. The lowest BCUT2D eigenvalue weighted by Gasteiger charge is -2.26. The van der Waals surface area contributed by atoms with Crippen LogP contribution in [0, 0.1) is 0 Å².